The molecule has 0 aliphatic carbocycles. The molecule has 5 aromatic carbocycles. The van der Waals surface area contributed by atoms with E-state index in [4.69, 9.17) is 0 Å². The molecule has 6 rings (SSSR count). The lowest BCUT2D eigenvalue weighted by Crippen LogP contribution is -1.81. The van der Waals surface area contributed by atoms with Crippen LogP contribution >= 0.6 is 0 Å². The molecule has 0 unspecified atom stereocenters. The van der Waals surface area contributed by atoms with Gasteiger partial charge in [-0.2, -0.15) is 0 Å². The number of aromatic nitrogens is 1. The van der Waals surface area contributed by atoms with Gasteiger partial charge in [-0.3, -0.25) is 0 Å². The van der Waals surface area contributed by atoms with Crippen molar-refractivity contribution in [2.75, 3.05) is 0 Å². The molecule has 0 saturated carbocycles. The van der Waals surface area contributed by atoms with Crippen LogP contribution < -0.4 is 0 Å². The molecular formula is C24H15N. The summed E-state index contributed by atoms with van der Waals surface area (Å²) in [5, 5.41) is 10.5. The van der Waals surface area contributed by atoms with E-state index >= 15 is 0 Å². The lowest BCUT2D eigenvalue weighted by atomic mass is 9.95. The molecule has 116 valence electrons. The van der Waals surface area contributed by atoms with Crippen molar-refractivity contribution < 1.29 is 0 Å². The van der Waals surface area contributed by atoms with Gasteiger partial charge >= 0.3 is 0 Å². The van der Waals surface area contributed by atoms with E-state index in [0.29, 0.717) is 0 Å². The maximum Gasteiger partial charge on any atom is 0.0471 e. The summed E-state index contributed by atoms with van der Waals surface area (Å²) in [7, 11) is 0. The molecule has 1 heteroatoms. The molecule has 0 spiro atoms. The van der Waals surface area contributed by atoms with Crippen LogP contribution in [-0.4, -0.2) is 4.98 Å². The van der Waals surface area contributed by atoms with Crippen LogP contribution in [0.5, 0.6) is 0 Å². The fourth-order valence-electron chi connectivity index (χ4n) is 4.25. The van der Waals surface area contributed by atoms with Crippen LogP contribution in [0.25, 0.3) is 54.1 Å². The van der Waals surface area contributed by atoms with Gasteiger partial charge in [-0.15, -0.1) is 0 Å². The second-order valence-electron chi connectivity index (χ2n) is 6.70. The van der Waals surface area contributed by atoms with Crippen LogP contribution in [0.1, 0.15) is 0 Å². The van der Waals surface area contributed by atoms with Gasteiger partial charge in [0.1, 0.15) is 0 Å². The van der Waals surface area contributed by atoms with Crippen LogP contribution in [0.2, 0.25) is 0 Å². The minimum atomic E-state index is 1.20. The minimum absolute atomic E-state index is 1.20. The molecule has 0 aliphatic heterocycles. The van der Waals surface area contributed by atoms with Gasteiger partial charge in [0.05, 0.1) is 0 Å². The number of para-hydroxylation sites is 1. The summed E-state index contributed by atoms with van der Waals surface area (Å²) in [6.45, 7) is 0. The molecule has 0 aliphatic rings. The quantitative estimate of drug-likeness (QED) is 0.297. The van der Waals surface area contributed by atoms with Gasteiger partial charge < -0.3 is 4.98 Å². The molecule has 1 N–H and O–H groups in total. The average Bonchev–Trinajstić information content (AvgIpc) is 3.06. The monoisotopic (exact) mass is 317 g/mol. The fraction of sp³-hybridized carbons (Fsp3) is 0. The molecular weight excluding hydrogens is 302 g/mol. The number of benzene rings is 5. The van der Waals surface area contributed by atoms with Crippen molar-refractivity contribution in [2.24, 2.45) is 0 Å². The Morgan fingerprint density at radius 2 is 1.04 bits per heavy atom. The van der Waals surface area contributed by atoms with E-state index in [1.165, 1.54) is 54.1 Å². The van der Waals surface area contributed by atoms with Gasteiger partial charge in [-0.1, -0.05) is 72.8 Å². The Morgan fingerprint density at radius 3 is 2.00 bits per heavy atom. The smallest absolute Gasteiger partial charge is 0.0471 e. The Morgan fingerprint density at radius 1 is 0.400 bits per heavy atom. The lowest BCUT2D eigenvalue weighted by molar-refractivity contribution is 1.55. The highest BCUT2D eigenvalue weighted by molar-refractivity contribution is 6.26. The van der Waals surface area contributed by atoms with Gasteiger partial charge in [0, 0.05) is 21.8 Å². The predicted molar refractivity (Wildman–Crippen MR) is 108 cm³/mol. The number of hydrogen-bond donors (Lipinski definition) is 1. The summed E-state index contributed by atoms with van der Waals surface area (Å²) in [5.74, 6) is 0. The number of hydrogen-bond acceptors (Lipinski definition) is 0. The van der Waals surface area contributed by atoms with Crippen molar-refractivity contribution >= 4 is 54.1 Å². The standard InChI is InChI=1S/C24H15N/c1-2-6-16-15(5-1)9-10-18-17(16)11-12-20-19(18)13-14-23-24(20)21-7-3-4-8-22(21)25-23/h1-14,25H. The van der Waals surface area contributed by atoms with Crippen molar-refractivity contribution in [3.8, 4) is 0 Å². The van der Waals surface area contributed by atoms with E-state index in [9.17, 15) is 0 Å². The van der Waals surface area contributed by atoms with Gasteiger partial charge in [0.25, 0.3) is 0 Å². The maximum atomic E-state index is 3.55. The van der Waals surface area contributed by atoms with Gasteiger partial charge in [-0.25, -0.2) is 0 Å². The van der Waals surface area contributed by atoms with Crippen molar-refractivity contribution in [1.82, 2.24) is 4.98 Å². The topological polar surface area (TPSA) is 15.8 Å². The highest BCUT2D eigenvalue weighted by Gasteiger charge is 2.10. The maximum absolute atomic E-state index is 3.55. The number of aromatic amines is 1. The normalized spacial score (nSPS) is 12.0. The third-order valence-electron chi connectivity index (χ3n) is 5.39. The first-order valence-corrected chi connectivity index (χ1v) is 8.64. The van der Waals surface area contributed by atoms with E-state index in [2.05, 4.69) is 89.9 Å². The van der Waals surface area contributed by atoms with Crippen molar-refractivity contribution in [1.29, 1.82) is 0 Å². The molecule has 25 heavy (non-hydrogen) atoms. The predicted octanol–water partition coefficient (Wildman–Crippen LogP) is 6.78. The summed E-state index contributed by atoms with van der Waals surface area (Å²) in [4.78, 5) is 3.55. The van der Waals surface area contributed by atoms with Crippen LogP contribution in [0.3, 0.4) is 0 Å². The van der Waals surface area contributed by atoms with E-state index in [0.717, 1.165) is 0 Å². The Kier molecular flexibility index (Phi) is 2.40. The number of H-pyrrole nitrogens is 1. The second-order valence-corrected chi connectivity index (χ2v) is 6.70. The van der Waals surface area contributed by atoms with Crippen molar-refractivity contribution in [3.63, 3.8) is 0 Å². The zero-order chi connectivity index (χ0) is 16.4. The molecule has 0 radical (unpaired) electrons. The fourth-order valence-corrected chi connectivity index (χ4v) is 4.25. The molecule has 0 saturated heterocycles. The third kappa shape index (κ3) is 1.67. The molecule has 0 fully saturated rings. The average molecular weight is 317 g/mol. The van der Waals surface area contributed by atoms with Crippen LogP contribution in [0, 0.1) is 0 Å². The van der Waals surface area contributed by atoms with Gasteiger partial charge in [-0.05, 0) is 44.5 Å². The van der Waals surface area contributed by atoms with E-state index in [1.54, 1.807) is 0 Å². The Bertz CT molecular complexity index is 1440. The molecule has 0 bridgehead atoms. The molecule has 0 atom stereocenters. The second kappa shape index (κ2) is 4.61. The minimum Gasteiger partial charge on any atom is -0.354 e. The molecule has 6 aromatic rings. The van der Waals surface area contributed by atoms with Crippen LogP contribution in [0.4, 0.5) is 0 Å². The first kappa shape index (κ1) is 13.0. The Hall–Kier alpha value is -3.32. The number of rotatable bonds is 0. The molecule has 1 heterocycles. The van der Waals surface area contributed by atoms with Crippen LogP contribution in [-0.2, 0) is 0 Å². The van der Waals surface area contributed by atoms with Crippen LogP contribution in [0.15, 0.2) is 84.9 Å². The summed E-state index contributed by atoms with van der Waals surface area (Å²) in [5.41, 5.74) is 2.40. The van der Waals surface area contributed by atoms with E-state index in [1.807, 2.05) is 0 Å². The third-order valence-corrected chi connectivity index (χ3v) is 5.39. The highest BCUT2D eigenvalue weighted by Crippen LogP contribution is 2.37. The lowest BCUT2D eigenvalue weighted by Gasteiger charge is -2.08. The van der Waals surface area contributed by atoms with E-state index < -0.39 is 0 Å². The summed E-state index contributed by atoms with van der Waals surface area (Å²) < 4.78 is 0. The van der Waals surface area contributed by atoms with Crippen molar-refractivity contribution in [3.05, 3.63) is 84.9 Å². The Labute approximate surface area is 144 Å². The molecule has 1 nitrogen and oxygen atoms in total. The number of nitrogens with one attached hydrogen (secondary N) is 1. The van der Waals surface area contributed by atoms with Gasteiger partial charge in [0.2, 0.25) is 0 Å². The highest BCUT2D eigenvalue weighted by atomic mass is 14.7. The van der Waals surface area contributed by atoms with E-state index in [-0.39, 0.29) is 0 Å². The first-order chi connectivity index (χ1) is 12.4. The summed E-state index contributed by atoms with van der Waals surface area (Å²) >= 11 is 0. The SMILES string of the molecule is c1ccc2c(c1)ccc1c2ccc2c1ccc1[nH]c3ccccc3c12. The van der Waals surface area contributed by atoms with Crippen molar-refractivity contribution in [2.45, 2.75) is 0 Å². The van der Waals surface area contributed by atoms with Gasteiger partial charge in [0.15, 0.2) is 0 Å². The Balaban J connectivity index is 1.87. The first-order valence-electron chi connectivity index (χ1n) is 8.64. The number of fused-ring (bicyclic) bond motifs is 9. The molecule has 0 amide bonds. The zero-order valence-corrected chi connectivity index (χ0v) is 13.6. The molecule has 1 aromatic heterocycles. The zero-order valence-electron chi connectivity index (χ0n) is 13.6. The summed E-state index contributed by atoms with van der Waals surface area (Å²) in [6, 6.07) is 30.7. The largest absolute Gasteiger partial charge is 0.354 e. The summed E-state index contributed by atoms with van der Waals surface area (Å²) in [6.07, 6.45) is 0.